The number of allylic oxidation sites excluding steroid dienone is 2. The van der Waals surface area contributed by atoms with Gasteiger partial charge in [-0.3, -0.25) is 0 Å². The highest BCUT2D eigenvalue weighted by Crippen LogP contribution is 2.31. The normalized spacial score (nSPS) is 12.3. The van der Waals surface area contributed by atoms with Gasteiger partial charge in [0.15, 0.2) is 0 Å². The first-order valence-electron chi connectivity index (χ1n) is 11.8. The summed E-state index contributed by atoms with van der Waals surface area (Å²) in [7, 11) is 0. The smallest absolute Gasteiger partial charge is 0.416 e. The Morgan fingerprint density at radius 1 is 0.941 bits per heavy atom. The number of carboxylic acids is 1. The van der Waals surface area contributed by atoms with Gasteiger partial charge in [0, 0.05) is 5.57 Å². The van der Waals surface area contributed by atoms with Gasteiger partial charge in [0.2, 0.25) is 0 Å². The van der Waals surface area contributed by atoms with Crippen molar-refractivity contribution in [1.29, 1.82) is 0 Å². The molecule has 0 saturated carbocycles. The number of hydrogen-bond donors (Lipinski definition) is 0. The van der Waals surface area contributed by atoms with Crippen LogP contribution < -0.4 is 9.84 Å². The van der Waals surface area contributed by atoms with Crippen LogP contribution in [0.5, 0.6) is 5.75 Å². The molecule has 0 aliphatic carbocycles. The minimum absolute atomic E-state index is 0.0656. The molecule has 2 aromatic carbocycles. The van der Waals surface area contributed by atoms with Gasteiger partial charge in [-0.05, 0) is 41.8 Å². The fourth-order valence-electron chi connectivity index (χ4n) is 3.50. The number of alkyl halides is 3. The number of carbonyl (C=O) groups is 1. The van der Waals surface area contributed by atoms with Crippen molar-refractivity contribution in [3.8, 4) is 5.75 Å². The van der Waals surface area contributed by atoms with E-state index in [1.165, 1.54) is 62.8 Å². The van der Waals surface area contributed by atoms with Gasteiger partial charge in [0.1, 0.15) is 5.75 Å². The number of ether oxygens (including phenoxy) is 1. The van der Waals surface area contributed by atoms with Crippen LogP contribution in [-0.2, 0) is 11.0 Å². The first kappa shape index (κ1) is 27.2. The molecule has 2 aromatic rings. The molecule has 0 saturated heterocycles. The zero-order chi connectivity index (χ0) is 24.8. The van der Waals surface area contributed by atoms with E-state index in [-0.39, 0.29) is 11.1 Å². The van der Waals surface area contributed by atoms with Crippen molar-refractivity contribution in [2.45, 2.75) is 64.5 Å². The summed E-state index contributed by atoms with van der Waals surface area (Å²) in [6, 6.07) is 11.5. The summed E-state index contributed by atoms with van der Waals surface area (Å²) >= 11 is 0. The van der Waals surface area contributed by atoms with Crippen molar-refractivity contribution >= 4 is 17.6 Å². The third-order valence-electron chi connectivity index (χ3n) is 5.42. The molecule has 0 aliphatic rings. The van der Waals surface area contributed by atoms with Crippen molar-refractivity contribution in [1.82, 2.24) is 0 Å². The van der Waals surface area contributed by atoms with Crippen LogP contribution >= 0.6 is 0 Å². The Morgan fingerprint density at radius 3 is 2.21 bits per heavy atom. The molecule has 3 nitrogen and oxygen atoms in total. The number of benzene rings is 2. The highest BCUT2D eigenvalue weighted by molar-refractivity contribution is 6.14. The summed E-state index contributed by atoms with van der Waals surface area (Å²) in [4.78, 5) is 11.5. The molecule has 6 heteroatoms. The molecule has 184 valence electrons. The second-order valence-electron chi connectivity index (χ2n) is 8.20. The predicted octanol–water partition coefficient (Wildman–Crippen LogP) is 7.07. The maximum Gasteiger partial charge on any atom is 0.416 e. The first-order valence-corrected chi connectivity index (χ1v) is 11.8. The van der Waals surface area contributed by atoms with Crippen LogP contribution in [0, 0.1) is 0 Å². The molecule has 34 heavy (non-hydrogen) atoms. The fraction of sp³-hybridized carbons (Fsp3) is 0.393. The highest BCUT2D eigenvalue weighted by Gasteiger charge is 2.30. The summed E-state index contributed by atoms with van der Waals surface area (Å²) in [5, 5.41) is 11.5. The van der Waals surface area contributed by atoms with Gasteiger partial charge >= 0.3 is 6.18 Å². The van der Waals surface area contributed by atoms with E-state index >= 15 is 0 Å². The van der Waals surface area contributed by atoms with Gasteiger partial charge in [-0.1, -0.05) is 94.4 Å². The summed E-state index contributed by atoms with van der Waals surface area (Å²) < 4.78 is 44.5. The maximum atomic E-state index is 12.9. The zero-order valence-corrected chi connectivity index (χ0v) is 19.6. The van der Waals surface area contributed by atoms with Crippen LogP contribution in [0.1, 0.15) is 75.0 Å². The molecule has 0 spiro atoms. The lowest BCUT2D eigenvalue weighted by Crippen LogP contribution is -2.23. The van der Waals surface area contributed by atoms with Crippen LogP contribution in [0.4, 0.5) is 13.2 Å². The molecule has 0 atom stereocenters. The summed E-state index contributed by atoms with van der Waals surface area (Å²) in [5.41, 5.74) is -0.502. The summed E-state index contributed by atoms with van der Waals surface area (Å²) in [6.07, 6.45) is 9.72. The van der Waals surface area contributed by atoms with E-state index in [1.54, 1.807) is 6.08 Å². The second-order valence-corrected chi connectivity index (χ2v) is 8.20. The molecular weight excluding hydrogens is 441 g/mol. The van der Waals surface area contributed by atoms with Crippen molar-refractivity contribution < 1.29 is 27.8 Å². The molecule has 0 heterocycles. The predicted molar refractivity (Wildman–Crippen MR) is 128 cm³/mol. The molecular formula is C28H32F3O3-. The van der Waals surface area contributed by atoms with E-state index in [1.807, 2.05) is 24.3 Å². The number of hydrogen-bond acceptors (Lipinski definition) is 3. The van der Waals surface area contributed by atoms with E-state index in [0.717, 1.165) is 36.3 Å². The lowest BCUT2D eigenvalue weighted by molar-refractivity contribution is -0.295. The molecule has 0 fully saturated rings. The molecule has 0 unspecified atom stereocenters. The van der Waals surface area contributed by atoms with E-state index in [4.69, 9.17) is 4.74 Å². The van der Waals surface area contributed by atoms with Crippen molar-refractivity contribution in [3.05, 3.63) is 77.4 Å². The van der Waals surface area contributed by atoms with Gasteiger partial charge in [-0.25, -0.2) is 0 Å². The fourth-order valence-corrected chi connectivity index (χ4v) is 3.50. The second kappa shape index (κ2) is 14.3. The van der Waals surface area contributed by atoms with Gasteiger partial charge in [0.25, 0.3) is 0 Å². The largest absolute Gasteiger partial charge is 0.545 e. The molecule has 0 radical (unpaired) electrons. The van der Waals surface area contributed by atoms with E-state index in [0.29, 0.717) is 6.61 Å². The van der Waals surface area contributed by atoms with Crippen LogP contribution in [0.2, 0.25) is 0 Å². The number of rotatable bonds is 14. The molecule has 2 rings (SSSR count). The van der Waals surface area contributed by atoms with Crippen LogP contribution in [-0.4, -0.2) is 12.6 Å². The Hall–Kier alpha value is -3.02. The molecule has 0 aromatic heterocycles. The molecule has 0 amide bonds. The summed E-state index contributed by atoms with van der Waals surface area (Å²) in [5.74, 6) is -0.788. The van der Waals surface area contributed by atoms with Crippen LogP contribution in [0.15, 0.2) is 60.7 Å². The average molecular weight is 474 g/mol. The van der Waals surface area contributed by atoms with Crippen molar-refractivity contribution in [2.75, 3.05) is 6.61 Å². The Bertz CT molecular complexity index is 944. The van der Waals surface area contributed by atoms with Gasteiger partial charge < -0.3 is 14.6 Å². The van der Waals surface area contributed by atoms with Crippen molar-refractivity contribution in [3.63, 3.8) is 0 Å². The topological polar surface area (TPSA) is 49.4 Å². The zero-order valence-electron chi connectivity index (χ0n) is 19.6. The van der Waals surface area contributed by atoms with Crippen molar-refractivity contribution in [2.24, 2.45) is 0 Å². The van der Waals surface area contributed by atoms with Crippen LogP contribution in [0.25, 0.3) is 11.6 Å². The Balaban J connectivity index is 1.86. The number of carboxylic acid groups (broad SMARTS) is 1. The lowest BCUT2D eigenvalue weighted by atomic mass is 10.0. The number of carbonyl (C=O) groups excluding carboxylic acids is 1. The van der Waals surface area contributed by atoms with Gasteiger partial charge in [-0.15, -0.1) is 0 Å². The number of unbranched alkanes of at least 4 members (excludes halogenated alkanes) is 7. The Kier molecular flexibility index (Phi) is 11.4. The highest BCUT2D eigenvalue weighted by atomic mass is 19.4. The third-order valence-corrected chi connectivity index (χ3v) is 5.42. The first-order chi connectivity index (χ1) is 16.3. The van der Waals surface area contributed by atoms with E-state index in [9.17, 15) is 23.1 Å². The minimum atomic E-state index is -4.55. The standard InChI is InChI=1S/C28H33F3O3/c1-2-3-4-5-6-7-8-9-20-34-25-18-16-22(17-19-25)12-10-15-26(27(32)33)23-13-11-14-24(21-23)28(29,30)31/h10-19,21H,2-9,20H2,1H3,(H,32,33)/p-1/b12-10-,26-15?. The summed E-state index contributed by atoms with van der Waals surface area (Å²) in [6.45, 7) is 2.88. The minimum Gasteiger partial charge on any atom is -0.545 e. The van der Waals surface area contributed by atoms with E-state index in [2.05, 4.69) is 6.92 Å². The quantitative estimate of drug-likeness (QED) is 0.167. The monoisotopic (exact) mass is 473 g/mol. The molecule has 0 bridgehead atoms. The van der Waals surface area contributed by atoms with Crippen LogP contribution in [0.3, 0.4) is 0 Å². The number of halogens is 3. The molecule has 0 aliphatic heterocycles. The lowest BCUT2D eigenvalue weighted by Gasteiger charge is -2.12. The Morgan fingerprint density at radius 2 is 1.59 bits per heavy atom. The molecule has 0 N–H and O–H groups in total. The van der Waals surface area contributed by atoms with E-state index < -0.39 is 17.7 Å². The third kappa shape index (κ3) is 9.86. The number of aliphatic carboxylic acids is 1. The van der Waals surface area contributed by atoms with Gasteiger partial charge in [-0.2, -0.15) is 13.2 Å². The average Bonchev–Trinajstić information content (AvgIpc) is 2.81. The Labute approximate surface area is 200 Å². The SMILES string of the molecule is CCCCCCCCCCOc1ccc(/C=C\C=C(C(=O)[O-])c2cccc(C(F)(F)F)c2)cc1. The van der Waals surface area contributed by atoms with Gasteiger partial charge in [0.05, 0.1) is 18.1 Å². The maximum absolute atomic E-state index is 12.9.